The molecular formula is C32H54O5. The molecule has 3 fully saturated rings. The number of Topliss-reactive ketones (excluding diaryl/α,β-unsaturated/α-hetero) is 1. The summed E-state index contributed by atoms with van der Waals surface area (Å²) in [4.78, 5) is 12.7. The van der Waals surface area contributed by atoms with Gasteiger partial charge in [0.15, 0.2) is 5.78 Å². The lowest BCUT2D eigenvalue weighted by Gasteiger charge is -2.50. The van der Waals surface area contributed by atoms with E-state index in [0.717, 1.165) is 56.9 Å². The summed E-state index contributed by atoms with van der Waals surface area (Å²) >= 11 is 0. The van der Waals surface area contributed by atoms with Crippen LogP contribution in [0.3, 0.4) is 0 Å². The summed E-state index contributed by atoms with van der Waals surface area (Å²) in [7, 11) is 0. The average Bonchev–Trinajstić information content (AvgIpc) is 3.12. The number of rotatable bonds is 10. The van der Waals surface area contributed by atoms with Crippen LogP contribution in [0.15, 0.2) is 23.3 Å². The van der Waals surface area contributed by atoms with Crippen LogP contribution in [0.2, 0.25) is 0 Å². The number of hydrogen-bond donors (Lipinski definition) is 4. The molecule has 3 aliphatic carbocycles. The Balaban J connectivity index is 1.83. The lowest BCUT2D eigenvalue weighted by Crippen LogP contribution is -2.42. The number of carbonyl (C=O) groups excluding carboxylic acids is 1. The highest BCUT2D eigenvalue weighted by molar-refractivity contribution is 5.86. The molecule has 212 valence electrons. The summed E-state index contributed by atoms with van der Waals surface area (Å²) in [6, 6.07) is 0. The third-order valence-electron chi connectivity index (χ3n) is 10.0. The molecule has 0 aromatic heterocycles. The Labute approximate surface area is 225 Å². The Kier molecular flexibility index (Phi) is 9.59. The summed E-state index contributed by atoms with van der Waals surface area (Å²) < 4.78 is 0. The van der Waals surface area contributed by atoms with E-state index in [1.54, 1.807) is 13.8 Å². The molecule has 0 saturated heterocycles. The molecule has 5 heteroatoms. The average molecular weight is 519 g/mol. The second-order valence-corrected chi connectivity index (χ2v) is 14.4. The van der Waals surface area contributed by atoms with Crippen molar-refractivity contribution in [2.24, 2.45) is 22.7 Å². The Morgan fingerprint density at radius 3 is 2.22 bits per heavy atom. The Bertz CT molecular complexity index is 847. The number of carbonyl (C=O) groups is 1. The first kappa shape index (κ1) is 30.5. The summed E-state index contributed by atoms with van der Waals surface area (Å²) in [5, 5.41) is 40.8. The summed E-state index contributed by atoms with van der Waals surface area (Å²) in [6.07, 6.45) is 14.9. The lowest BCUT2D eigenvalue weighted by atomic mass is 9.55. The summed E-state index contributed by atoms with van der Waals surface area (Å²) in [5.41, 5.74) is 0.779. The van der Waals surface area contributed by atoms with Crippen LogP contribution in [0.5, 0.6) is 0 Å². The number of fused-ring (bicyclic) bond motifs is 1. The van der Waals surface area contributed by atoms with Crippen LogP contribution in [0.25, 0.3) is 0 Å². The van der Waals surface area contributed by atoms with Gasteiger partial charge in [-0.15, -0.1) is 0 Å². The number of hydrogen-bond acceptors (Lipinski definition) is 5. The van der Waals surface area contributed by atoms with Gasteiger partial charge in [0.1, 0.15) is 5.60 Å². The van der Waals surface area contributed by atoms with E-state index < -0.39 is 23.4 Å². The zero-order valence-corrected chi connectivity index (χ0v) is 24.4. The fourth-order valence-electron chi connectivity index (χ4n) is 8.02. The zero-order chi connectivity index (χ0) is 27.6. The molecule has 0 amide bonds. The van der Waals surface area contributed by atoms with Gasteiger partial charge < -0.3 is 20.4 Å². The predicted octanol–water partition coefficient (Wildman–Crippen LogP) is 6.03. The van der Waals surface area contributed by atoms with E-state index >= 15 is 0 Å². The zero-order valence-electron chi connectivity index (χ0n) is 24.4. The minimum absolute atomic E-state index is 0.0336. The smallest absolute Gasteiger partial charge is 0.163 e. The molecule has 3 aliphatic rings. The number of aliphatic hydroxyl groups excluding tert-OH is 2. The van der Waals surface area contributed by atoms with Crippen molar-refractivity contribution in [1.82, 2.24) is 0 Å². The molecule has 0 aromatic carbocycles. The predicted molar refractivity (Wildman–Crippen MR) is 149 cm³/mol. The van der Waals surface area contributed by atoms with Gasteiger partial charge in [0.25, 0.3) is 0 Å². The van der Waals surface area contributed by atoms with Crippen molar-refractivity contribution in [2.45, 2.75) is 148 Å². The largest absolute Gasteiger partial charge is 0.393 e. The monoisotopic (exact) mass is 518 g/mol. The van der Waals surface area contributed by atoms with Crippen LogP contribution in [0, 0.1) is 22.7 Å². The maximum absolute atomic E-state index is 12.7. The van der Waals surface area contributed by atoms with Gasteiger partial charge >= 0.3 is 0 Å². The van der Waals surface area contributed by atoms with Gasteiger partial charge in [0.2, 0.25) is 0 Å². The van der Waals surface area contributed by atoms with Crippen molar-refractivity contribution in [3.8, 4) is 0 Å². The maximum atomic E-state index is 12.7. The van der Waals surface area contributed by atoms with E-state index in [-0.39, 0.29) is 16.6 Å². The maximum Gasteiger partial charge on any atom is 0.163 e. The highest BCUT2D eigenvalue weighted by Gasteiger charge is 2.55. The van der Waals surface area contributed by atoms with Crippen LogP contribution in [0.4, 0.5) is 0 Å². The van der Waals surface area contributed by atoms with E-state index in [1.165, 1.54) is 12.0 Å². The van der Waals surface area contributed by atoms with Crippen molar-refractivity contribution in [3.05, 3.63) is 23.3 Å². The SMILES string of the molecule is CC(C)(O)CCC[C@@](C)(CCC(=O)C(C)(C)O)[C@H]1CC[C@H]2/C(=C/C=C3C[C@@H](O)C[C@H](O)C3)CCC[C@]12C. The summed E-state index contributed by atoms with van der Waals surface area (Å²) in [6.45, 7) is 11.7. The summed E-state index contributed by atoms with van der Waals surface area (Å²) in [5.74, 6) is 0.907. The Morgan fingerprint density at radius 2 is 1.62 bits per heavy atom. The van der Waals surface area contributed by atoms with E-state index in [1.807, 2.05) is 13.8 Å². The fraction of sp³-hybridized carbons (Fsp3) is 0.844. The molecular weight excluding hydrogens is 464 g/mol. The highest BCUT2D eigenvalue weighted by atomic mass is 16.3. The van der Waals surface area contributed by atoms with Gasteiger partial charge in [-0.3, -0.25) is 4.79 Å². The van der Waals surface area contributed by atoms with Gasteiger partial charge in [-0.1, -0.05) is 43.6 Å². The highest BCUT2D eigenvalue weighted by Crippen LogP contribution is 2.64. The van der Waals surface area contributed by atoms with E-state index in [0.29, 0.717) is 37.5 Å². The molecule has 0 aromatic rings. The fourth-order valence-corrected chi connectivity index (χ4v) is 8.02. The number of ketones is 1. The molecule has 37 heavy (non-hydrogen) atoms. The van der Waals surface area contributed by atoms with Crippen molar-refractivity contribution in [1.29, 1.82) is 0 Å². The van der Waals surface area contributed by atoms with Crippen molar-refractivity contribution < 1.29 is 25.2 Å². The van der Waals surface area contributed by atoms with Crippen LogP contribution in [-0.4, -0.2) is 49.6 Å². The minimum Gasteiger partial charge on any atom is -0.393 e. The van der Waals surface area contributed by atoms with E-state index in [9.17, 15) is 25.2 Å². The molecule has 0 heterocycles. The molecule has 0 unspecified atom stereocenters. The first-order valence-corrected chi connectivity index (χ1v) is 14.8. The Morgan fingerprint density at radius 1 is 0.973 bits per heavy atom. The van der Waals surface area contributed by atoms with Gasteiger partial charge in [-0.25, -0.2) is 0 Å². The first-order chi connectivity index (χ1) is 17.0. The van der Waals surface area contributed by atoms with Crippen LogP contribution < -0.4 is 0 Å². The second-order valence-electron chi connectivity index (χ2n) is 14.4. The van der Waals surface area contributed by atoms with Gasteiger partial charge in [-0.05, 0) is 121 Å². The first-order valence-electron chi connectivity index (χ1n) is 14.8. The molecule has 3 saturated carbocycles. The third-order valence-corrected chi connectivity index (χ3v) is 10.0. The van der Waals surface area contributed by atoms with Crippen molar-refractivity contribution in [2.75, 3.05) is 0 Å². The van der Waals surface area contributed by atoms with E-state index in [4.69, 9.17) is 0 Å². The van der Waals surface area contributed by atoms with Crippen molar-refractivity contribution >= 4 is 5.78 Å². The molecule has 6 atom stereocenters. The van der Waals surface area contributed by atoms with Crippen LogP contribution in [0.1, 0.15) is 125 Å². The van der Waals surface area contributed by atoms with Crippen LogP contribution >= 0.6 is 0 Å². The van der Waals surface area contributed by atoms with Gasteiger partial charge in [0, 0.05) is 6.42 Å². The molecule has 0 radical (unpaired) electrons. The molecule has 4 N–H and O–H groups in total. The molecule has 3 rings (SSSR count). The van der Waals surface area contributed by atoms with Gasteiger partial charge in [0.05, 0.1) is 17.8 Å². The number of allylic oxidation sites excluding steroid dienone is 3. The quantitative estimate of drug-likeness (QED) is 0.283. The lowest BCUT2D eigenvalue weighted by molar-refractivity contribution is -0.135. The number of aliphatic hydroxyl groups is 4. The third kappa shape index (κ3) is 7.77. The van der Waals surface area contributed by atoms with Gasteiger partial charge in [-0.2, -0.15) is 0 Å². The van der Waals surface area contributed by atoms with Crippen LogP contribution in [-0.2, 0) is 4.79 Å². The molecule has 5 nitrogen and oxygen atoms in total. The van der Waals surface area contributed by atoms with Crippen molar-refractivity contribution in [3.63, 3.8) is 0 Å². The molecule has 0 aliphatic heterocycles. The minimum atomic E-state index is -1.30. The normalized spacial score (nSPS) is 33.8. The topological polar surface area (TPSA) is 98.0 Å². The Hall–Kier alpha value is -1.01. The second kappa shape index (κ2) is 11.6. The molecule has 0 spiro atoms. The van der Waals surface area contributed by atoms with E-state index in [2.05, 4.69) is 26.0 Å². The standard InChI is InChI=1S/C32H54O5/c1-29(2,36)15-8-16-31(5,18-14-28(35)30(3,4)37)27-13-12-26-23(9-7-17-32(26,27)6)11-10-22-19-24(33)21-25(34)20-22/h10-11,24-27,33-34,36-37H,7-9,12-21H2,1-6H3/b23-11+/t24-,25-,26+,27-,31+,32+/m1/s1. The molecule has 0 bridgehead atoms.